The SMILES string of the molecule is C=CCC(N)(O)C(C(O)CO)N1CCCC1. The van der Waals surface area contributed by atoms with Gasteiger partial charge in [-0.1, -0.05) is 6.08 Å². The van der Waals surface area contributed by atoms with Gasteiger partial charge in [0, 0.05) is 6.42 Å². The summed E-state index contributed by atoms with van der Waals surface area (Å²) in [6.45, 7) is 4.71. The van der Waals surface area contributed by atoms with Gasteiger partial charge in [-0.3, -0.25) is 4.90 Å². The fourth-order valence-corrected chi connectivity index (χ4v) is 2.36. The van der Waals surface area contributed by atoms with Crippen LogP contribution in [0.5, 0.6) is 0 Å². The topological polar surface area (TPSA) is 90.0 Å². The van der Waals surface area contributed by atoms with Gasteiger partial charge >= 0.3 is 0 Å². The van der Waals surface area contributed by atoms with Crippen molar-refractivity contribution in [1.29, 1.82) is 0 Å². The third-order valence-electron chi connectivity index (χ3n) is 3.07. The Morgan fingerprint density at radius 2 is 2.00 bits per heavy atom. The highest BCUT2D eigenvalue weighted by Crippen LogP contribution is 2.23. The van der Waals surface area contributed by atoms with E-state index < -0.39 is 24.5 Å². The molecule has 0 aromatic heterocycles. The fraction of sp³-hybridized carbons (Fsp3) is 0.818. The summed E-state index contributed by atoms with van der Waals surface area (Å²) in [6.07, 6.45) is 2.73. The van der Waals surface area contributed by atoms with Crippen molar-refractivity contribution < 1.29 is 15.3 Å². The molecule has 1 aliphatic heterocycles. The highest BCUT2D eigenvalue weighted by molar-refractivity contribution is 4.98. The normalized spacial score (nSPS) is 25.0. The van der Waals surface area contributed by atoms with Crippen molar-refractivity contribution >= 4 is 0 Å². The number of hydrogen-bond donors (Lipinski definition) is 4. The first-order chi connectivity index (χ1) is 7.53. The van der Waals surface area contributed by atoms with E-state index in [0.29, 0.717) is 0 Å². The Hall–Kier alpha value is -0.460. The van der Waals surface area contributed by atoms with Gasteiger partial charge in [0.1, 0.15) is 5.72 Å². The molecule has 1 saturated heterocycles. The number of nitrogens with zero attached hydrogens (tertiary/aromatic N) is 1. The third kappa shape index (κ3) is 3.02. The Balaban J connectivity index is 2.80. The lowest BCUT2D eigenvalue weighted by Crippen LogP contribution is -2.63. The molecular weight excluding hydrogens is 208 g/mol. The van der Waals surface area contributed by atoms with Crippen molar-refractivity contribution in [1.82, 2.24) is 4.90 Å². The first kappa shape index (κ1) is 13.6. The van der Waals surface area contributed by atoms with E-state index in [9.17, 15) is 10.2 Å². The van der Waals surface area contributed by atoms with Gasteiger partial charge in [-0.25, -0.2) is 0 Å². The lowest BCUT2D eigenvalue weighted by Gasteiger charge is -2.40. The molecule has 16 heavy (non-hydrogen) atoms. The molecule has 1 heterocycles. The van der Waals surface area contributed by atoms with Crippen LogP contribution in [-0.4, -0.2) is 57.8 Å². The Morgan fingerprint density at radius 1 is 1.44 bits per heavy atom. The Bertz CT molecular complexity index is 227. The summed E-state index contributed by atoms with van der Waals surface area (Å²) in [4.78, 5) is 1.93. The van der Waals surface area contributed by atoms with E-state index >= 15 is 0 Å². The van der Waals surface area contributed by atoms with Gasteiger partial charge in [0.05, 0.1) is 18.8 Å². The van der Waals surface area contributed by atoms with Crippen LogP contribution >= 0.6 is 0 Å². The van der Waals surface area contributed by atoms with Gasteiger partial charge < -0.3 is 21.1 Å². The van der Waals surface area contributed by atoms with Crippen LogP contribution in [0.3, 0.4) is 0 Å². The molecule has 94 valence electrons. The van der Waals surface area contributed by atoms with Crippen molar-refractivity contribution in [2.45, 2.75) is 37.1 Å². The first-order valence-electron chi connectivity index (χ1n) is 5.68. The lowest BCUT2D eigenvalue weighted by atomic mass is 9.94. The fourth-order valence-electron chi connectivity index (χ4n) is 2.36. The summed E-state index contributed by atoms with van der Waals surface area (Å²) in [5, 5.41) is 28.9. The van der Waals surface area contributed by atoms with Gasteiger partial charge in [-0.15, -0.1) is 6.58 Å². The molecule has 3 atom stereocenters. The van der Waals surface area contributed by atoms with Crippen LogP contribution in [0.15, 0.2) is 12.7 Å². The number of rotatable bonds is 6. The lowest BCUT2D eigenvalue weighted by molar-refractivity contribution is -0.0977. The third-order valence-corrected chi connectivity index (χ3v) is 3.07. The van der Waals surface area contributed by atoms with Gasteiger partial charge in [0.15, 0.2) is 0 Å². The number of aliphatic hydroxyl groups is 3. The average molecular weight is 230 g/mol. The molecule has 0 saturated carbocycles. The molecule has 0 bridgehead atoms. The minimum Gasteiger partial charge on any atom is -0.394 e. The van der Waals surface area contributed by atoms with E-state index in [2.05, 4.69) is 6.58 Å². The maximum absolute atomic E-state index is 10.1. The minimum atomic E-state index is -1.55. The molecule has 0 amide bonds. The second kappa shape index (κ2) is 5.75. The van der Waals surface area contributed by atoms with Crippen molar-refractivity contribution in [2.24, 2.45) is 5.73 Å². The van der Waals surface area contributed by atoms with E-state index in [0.717, 1.165) is 25.9 Å². The zero-order chi connectivity index (χ0) is 12.2. The zero-order valence-corrected chi connectivity index (χ0v) is 9.55. The smallest absolute Gasteiger partial charge is 0.135 e. The summed E-state index contributed by atoms with van der Waals surface area (Å²) < 4.78 is 0. The van der Waals surface area contributed by atoms with Crippen LogP contribution in [0.4, 0.5) is 0 Å². The van der Waals surface area contributed by atoms with Crippen LogP contribution in [-0.2, 0) is 0 Å². The molecule has 5 N–H and O–H groups in total. The van der Waals surface area contributed by atoms with Gasteiger partial charge in [0.25, 0.3) is 0 Å². The van der Waals surface area contributed by atoms with Crippen LogP contribution < -0.4 is 5.73 Å². The van der Waals surface area contributed by atoms with Gasteiger partial charge in [-0.2, -0.15) is 0 Å². The molecule has 1 aliphatic rings. The molecule has 0 radical (unpaired) electrons. The number of hydrogen-bond acceptors (Lipinski definition) is 5. The summed E-state index contributed by atoms with van der Waals surface area (Å²) >= 11 is 0. The predicted octanol–water partition coefficient (Wildman–Crippen LogP) is -0.973. The van der Waals surface area contributed by atoms with E-state index in [1.807, 2.05) is 4.90 Å². The van der Waals surface area contributed by atoms with Gasteiger partial charge in [-0.05, 0) is 25.9 Å². The molecule has 0 aromatic rings. The number of likely N-dealkylation sites (tertiary alicyclic amines) is 1. The molecule has 5 nitrogen and oxygen atoms in total. The second-order valence-corrected chi connectivity index (χ2v) is 4.42. The standard InChI is InChI=1S/C11H22N2O3/c1-2-5-11(12,16)10(9(15)8-14)13-6-3-4-7-13/h2,9-10,14-16H,1,3-8,12H2. The summed E-state index contributed by atoms with van der Waals surface area (Å²) in [6, 6.07) is -0.641. The molecule has 5 heteroatoms. The molecule has 0 aliphatic carbocycles. The van der Waals surface area contributed by atoms with Crippen molar-refractivity contribution in [3.8, 4) is 0 Å². The molecule has 1 fully saturated rings. The van der Waals surface area contributed by atoms with Crippen LogP contribution in [0.2, 0.25) is 0 Å². The number of nitrogens with two attached hydrogens (primary N) is 1. The quantitative estimate of drug-likeness (QED) is 0.348. The van der Waals surface area contributed by atoms with E-state index in [1.54, 1.807) is 0 Å². The summed E-state index contributed by atoms with van der Waals surface area (Å²) in [5.41, 5.74) is 4.25. The van der Waals surface area contributed by atoms with Crippen molar-refractivity contribution in [3.05, 3.63) is 12.7 Å². The first-order valence-corrected chi connectivity index (χ1v) is 5.68. The van der Waals surface area contributed by atoms with E-state index in [-0.39, 0.29) is 6.42 Å². The summed E-state index contributed by atoms with van der Waals surface area (Å²) in [7, 11) is 0. The molecule has 0 spiro atoms. The van der Waals surface area contributed by atoms with E-state index in [1.165, 1.54) is 6.08 Å². The van der Waals surface area contributed by atoms with Crippen molar-refractivity contribution in [3.63, 3.8) is 0 Å². The zero-order valence-electron chi connectivity index (χ0n) is 9.55. The maximum atomic E-state index is 10.1. The minimum absolute atomic E-state index is 0.186. The molecule has 0 aromatic carbocycles. The number of aliphatic hydroxyl groups excluding tert-OH is 2. The largest absolute Gasteiger partial charge is 0.394 e. The Morgan fingerprint density at radius 3 is 2.44 bits per heavy atom. The average Bonchev–Trinajstić information content (AvgIpc) is 2.70. The van der Waals surface area contributed by atoms with Crippen LogP contribution in [0.1, 0.15) is 19.3 Å². The predicted molar refractivity (Wildman–Crippen MR) is 61.6 cm³/mol. The van der Waals surface area contributed by atoms with Crippen LogP contribution in [0.25, 0.3) is 0 Å². The van der Waals surface area contributed by atoms with Gasteiger partial charge in [0.2, 0.25) is 0 Å². The highest BCUT2D eigenvalue weighted by Gasteiger charge is 2.41. The highest BCUT2D eigenvalue weighted by atomic mass is 16.3. The maximum Gasteiger partial charge on any atom is 0.135 e. The Labute approximate surface area is 96.2 Å². The molecule has 3 unspecified atom stereocenters. The molecule has 1 rings (SSSR count). The monoisotopic (exact) mass is 230 g/mol. The van der Waals surface area contributed by atoms with Crippen molar-refractivity contribution in [2.75, 3.05) is 19.7 Å². The van der Waals surface area contributed by atoms with E-state index in [4.69, 9.17) is 10.8 Å². The van der Waals surface area contributed by atoms with Crippen LogP contribution in [0, 0.1) is 0 Å². The second-order valence-electron chi connectivity index (χ2n) is 4.42. The Kier molecular flexibility index (Phi) is 4.89. The summed E-state index contributed by atoms with van der Waals surface area (Å²) in [5.74, 6) is 0. The molecular formula is C11H22N2O3.